The van der Waals surface area contributed by atoms with Crippen molar-refractivity contribution in [2.45, 2.75) is 75.9 Å². The Morgan fingerprint density at radius 3 is 1.65 bits per heavy atom. The molecule has 3 aromatic rings. The summed E-state index contributed by atoms with van der Waals surface area (Å²) in [5.41, 5.74) is 0.0711. The quantitative estimate of drug-likeness (QED) is 0.0463. The molecule has 2 fully saturated rings. The van der Waals surface area contributed by atoms with Crippen LogP contribution in [0.4, 0.5) is 13.2 Å². The first-order valence-corrected chi connectivity index (χ1v) is 17.6. The molecule has 5 rings (SSSR count). The summed E-state index contributed by atoms with van der Waals surface area (Å²) in [5.74, 6) is -2.43. The highest BCUT2D eigenvalue weighted by Gasteiger charge is 2.36. The van der Waals surface area contributed by atoms with Crippen molar-refractivity contribution in [1.82, 2.24) is 0 Å². The van der Waals surface area contributed by atoms with Crippen molar-refractivity contribution in [2.24, 2.45) is 5.92 Å². The summed E-state index contributed by atoms with van der Waals surface area (Å²) < 4.78 is 75.4. The minimum absolute atomic E-state index is 0.0249. The van der Waals surface area contributed by atoms with Crippen molar-refractivity contribution in [3.05, 3.63) is 114 Å². The number of carbonyl (C=O) groups excluding carboxylic acids is 4. The largest absolute Gasteiger partial charge is 0.468 e. The Morgan fingerprint density at radius 1 is 0.630 bits per heavy atom. The third-order valence-corrected chi connectivity index (χ3v) is 9.34. The first-order chi connectivity index (χ1) is 25.9. The molecule has 0 aromatic heterocycles. The molecule has 54 heavy (non-hydrogen) atoms. The normalized spacial score (nSPS) is 19.9. The molecule has 286 valence electrons. The molecule has 2 aliphatic rings. The fourth-order valence-corrected chi connectivity index (χ4v) is 6.23. The molecule has 0 aliphatic heterocycles. The molecule has 0 bridgehead atoms. The van der Waals surface area contributed by atoms with Crippen LogP contribution in [0.2, 0.25) is 0 Å². The van der Waals surface area contributed by atoms with Gasteiger partial charge in [-0.25, -0.2) is 4.79 Å². The van der Waals surface area contributed by atoms with Crippen molar-refractivity contribution < 1.29 is 60.8 Å². The maximum Gasteiger partial charge on any atom is 0.420 e. The number of allylic oxidation sites excluding steroid dienone is 2. The van der Waals surface area contributed by atoms with Crippen LogP contribution in [-0.2, 0) is 25.2 Å². The maximum atomic E-state index is 14.0. The molecular formula is C41H41F3O10. The summed E-state index contributed by atoms with van der Waals surface area (Å²) in [7, 11) is 0. The third-order valence-electron chi connectivity index (χ3n) is 9.34. The number of esters is 2. The zero-order valence-electron chi connectivity index (χ0n) is 29.5. The van der Waals surface area contributed by atoms with Crippen LogP contribution in [0.25, 0.3) is 0 Å². The van der Waals surface area contributed by atoms with Crippen LogP contribution in [-0.4, -0.2) is 55.4 Å². The Morgan fingerprint density at radius 2 is 1.11 bits per heavy atom. The smallest absolute Gasteiger partial charge is 0.420 e. The number of ketones is 2. The van der Waals surface area contributed by atoms with Crippen molar-refractivity contribution in [3.63, 3.8) is 0 Å². The Hall–Kier alpha value is -5.27. The second-order valence-electron chi connectivity index (χ2n) is 13.0. The predicted octanol–water partition coefficient (Wildman–Crippen LogP) is 8.48. The van der Waals surface area contributed by atoms with E-state index >= 15 is 0 Å². The van der Waals surface area contributed by atoms with E-state index in [2.05, 4.69) is 13.2 Å². The lowest BCUT2D eigenvalue weighted by Gasteiger charge is -2.28. The molecule has 0 N–H and O–H groups in total. The Kier molecular flexibility index (Phi) is 13.8. The summed E-state index contributed by atoms with van der Waals surface area (Å²) in [6.45, 7) is 6.52. The van der Waals surface area contributed by atoms with Gasteiger partial charge < -0.3 is 28.4 Å². The van der Waals surface area contributed by atoms with Crippen molar-refractivity contribution >= 4 is 23.5 Å². The topological polar surface area (TPSA) is 124 Å². The number of benzene rings is 3. The molecule has 0 heterocycles. The van der Waals surface area contributed by atoms with Gasteiger partial charge in [0.05, 0.1) is 23.7 Å². The van der Waals surface area contributed by atoms with E-state index in [-0.39, 0.29) is 41.9 Å². The van der Waals surface area contributed by atoms with E-state index in [0.717, 1.165) is 12.1 Å². The minimum atomic E-state index is -4.79. The summed E-state index contributed by atoms with van der Waals surface area (Å²) >= 11 is 0. The van der Waals surface area contributed by atoms with E-state index in [1.807, 2.05) is 0 Å². The summed E-state index contributed by atoms with van der Waals surface area (Å²) in [4.78, 5) is 48.8. The van der Waals surface area contributed by atoms with Crippen LogP contribution >= 0.6 is 0 Å². The number of halogens is 3. The number of alkyl halides is 3. The molecule has 10 nitrogen and oxygen atoms in total. The highest BCUT2D eigenvalue weighted by Crippen LogP contribution is 2.39. The van der Waals surface area contributed by atoms with Crippen LogP contribution in [0.1, 0.15) is 88.0 Å². The number of hydrogen-bond acceptors (Lipinski definition) is 10. The first kappa shape index (κ1) is 39.9. The second-order valence-corrected chi connectivity index (χ2v) is 13.0. The predicted molar refractivity (Wildman–Crippen MR) is 189 cm³/mol. The van der Waals surface area contributed by atoms with Gasteiger partial charge in [-0.3, -0.25) is 14.4 Å². The molecule has 0 spiro atoms. The van der Waals surface area contributed by atoms with E-state index in [9.17, 15) is 32.3 Å². The van der Waals surface area contributed by atoms with Gasteiger partial charge in [-0.15, -0.1) is 0 Å². The third kappa shape index (κ3) is 11.1. The molecule has 13 heteroatoms. The van der Waals surface area contributed by atoms with E-state index in [0.29, 0.717) is 68.2 Å². The van der Waals surface area contributed by atoms with E-state index < -0.39 is 48.2 Å². The van der Waals surface area contributed by atoms with Gasteiger partial charge in [0, 0.05) is 11.1 Å². The van der Waals surface area contributed by atoms with Gasteiger partial charge in [-0.05, 0) is 118 Å². The van der Waals surface area contributed by atoms with Crippen molar-refractivity contribution in [2.75, 3.05) is 13.6 Å². The van der Waals surface area contributed by atoms with Gasteiger partial charge in [0.15, 0.2) is 25.2 Å². The average molecular weight is 751 g/mol. The van der Waals surface area contributed by atoms with E-state index in [1.165, 1.54) is 42.5 Å². The number of hydrogen-bond donors (Lipinski definition) is 0. The molecule has 0 radical (unpaired) electrons. The van der Waals surface area contributed by atoms with Gasteiger partial charge in [0.2, 0.25) is 0 Å². The minimum Gasteiger partial charge on any atom is -0.468 e. The lowest BCUT2D eigenvalue weighted by atomic mass is 9.87. The van der Waals surface area contributed by atoms with E-state index in [4.69, 9.17) is 28.4 Å². The zero-order valence-corrected chi connectivity index (χ0v) is 29.5. The first-order valence-electron chi connectivity index (χ1n) is 17.6. The van der Waals surface area contributed by atoms with Crippen LogP contribution in [0.15, 0.2) is 92.0 Å². The van der Waals surface area contributed by atoms with Crippen molar-refractivity contribution in [1.29, 1.82) is 0 Å². The molecule has 0 unspecified atom stereocenters. The summed E-state index contributed by atoms with van der Waals surface area (Å²) in [6, 6.07) is 15.7. The standard InChI is InChI=1S/C41H41F3O10/c1-3-36(45)26-5-7-28(8-6-26)39(47)53-33-15-11-29(12-16-33)40(48)54-34-21-22-38(35(23-34)41(42,43)44)52-25-51-32-19-17-31(18-20-32)50-24-49-30-13-9-27(10-14-30)37(46)4-2/h3-10,13-14,21-23,29,31-33H,1-2,11-12,15-20,24-25H2. The molecule has 3 aromatic carbocycles. The fraction of sp³-hybridized carbons (Fsp3) is 0.366. The monoisotopic (exact) mass is 750 g/mol. The molecule has 0 amide bonds. The summed E-state index contributed by atoms with van der Waals surface area (Å²) in [6.07, 6.45) is 0.844. The Labute approximate surface area is 310 Å². The molecule has 0 saturated heterocycles. The Balaban J connectivity index is 1.02. The van der Waals surface area contributed by atoms with Crippen LogP contribution in [0, 0.1) is 5.92 Å². The van der Waals surface area contributed by atoms with Crippen LogP contribution in [0.3, 0.4) is 0 Å². The van der Waals surface area contributed by atoms with Gasteiger partial charge >= 0.3 is 18.1 Å². The van der Waals surface area contributed by atoms with Gasteiger partial charge in [-0.2, -0.15) is 13.2 Å². The van der Waals surface area contributed by atoms with Crippen LogP contribution in [0.5, 0.6) is 17.2 Å². The average Bonchev–Trinajstić information content (AvgIpc) is 3.18. The molecule has 2 aliphatic carbocycles. The number of ether oxygens (including phenoxy) is 6. The Bertz CT molecular complexity index is 1790. The molecule has 0 atom stereocenters. The van der Waals surface area contributed by atoms with Crippen LogP contribution < -0.4 is 14.2 Å². The highest BCUT2D eigenvalue weighted by molar-refractivity contribution is 6.05. The zero-order chi connectivity index (χ0) is 38.7. The SMILES string of the molecule is C=CC(=O)c1ccc(OCOC2CCC(OCOc3ccc(OC(=O)C4CCC(OC(=O)c5ccc(C(=O)C=C)cc5)CC4)cc3C(F)(F)F)CC2)cc1. The van der Waals surface area contributed by atoms with Gasteiger partial charge in [0.1, 0.15) is 28.9 Å². The van der Waals surface area contributed by atoms with Gasteiger partial charge in [0.25, 0.3) is 0 Å². The fourth-order valence-electron chi connectivity index (χ4n) is 6.23. The van der Waals surface area contributed by atoms with Gasteiger partial charge in [-0.1, -0.05) is 25.3 Å². The maximum absolute atomic E-state index is 14.0. The number of rotatable bonds is 16. The lowest BCUT2D eigenvalue weighted by Crippen LogP contribution is -2.30. The second kappa shape index (κ2) is 18.7. The highest BCUT2D eigenvalue weighted by atomic mass is 19.4. The number of carbonyl (C=O) groups is 4. The molecule has 2 saturated carbocycles. The molecular weight excluding hydrogens is 709 g/mol. The van der Waals surface area contributed by atoms with E-state index in [1.54, 1.807) is 24.3 Å². The lowest BCUT2D eigenvalue weighted by molar-refractivity contribution is -0.143. The summed E-state index contributed by atoms with van der Waals surface area (Å²) in [5, 5.41) is 0. The van der Waals surface area contributed by atoms with Crippen molar-refractivity contribution in [3.8, 4) is 17.2 Å².